The Kier molecular flexibility index (Phi) is 5.25. The van der Waals surface area contributed by atoms with E-state index in [1.54, 1.807) is 0 Å². The number of hydrogen-bond donors (Lipinski definition) is 0. The molecule has 2 nitrogen and oxygen atoms in total. The van der Waals surface area contributed by atoms with Crippen molar-refractivity contribution >= 4 is 24.4 Å². The minimum Gasteiger partial charge on any atom is -0.460 e. The van der Waals surface area contributed by atoms with Crippen LogP contribution in [0.5, 0.6) is 0 Å². The molecule has 13 heavy (non-hydrogen) atoms. The van der Waals surface area contributed by atoms with Crippen LogP contribution in [0.1, 0.15) is 6.42 Å². The maximum atomic E-state index is 12.1. The summed E-state index contributed by atoms with van der Waals surface area (Å²) in [6.45, 7) is 7.05. The largest absolute Gasteiger partial charge is 0.460 e. The van der Waals surface area contributed by atoms with Crippen LogP contribution >= 0.6 is 11.1 Å². The Balaban J connectivity index is 3.47. The molecule has 0 aliphatic rings. The second-order valence-corrected chi connectivity index (χ2v) is 10.4. The van der Waals surface area contributed by atoms with Gasteiger partial charge in [-0.3, -0.25) is 0 Å². The molecule has 0 N–H and O–H groups in total. The van der Waals surface area contributed by atoms with Crippen LogP contribution in [0.3, 0.4) is 0 Å². The van der Waals surface area contributed by atoms with Gasteiger partial charge in [0.1, 0.15) is 0 Å². The molecule has 0 aromatic heterocycles. The van der Waals surface area contributed by atoms with Crippen molar-refractivity contribution < 1.29 is 13.9 Å². The summed E-state index contributed by atoms with van der Waals surface area (Å²) in [4.78, 5) is 10.5. The van der Waals surface area contributed by atoms with Crippen LogP contribution in [0.4, 0.5) is 4.39 Å². The molecule has 0 spiro atoms. The second-order valence-electron chi connectivity index (χ2n) is 3.36. The molecule has 0 aromatic carbocycles. The van der Waals surface area contributed by atoms with E-state index in [4.69, 9.17) is 11.1 Å². The highest BCUT2D eigenvalue weighted by Crippen LogP contribution is 2.16. The second kappa shape index (κ2) is 5.39. The minimum atomic E-state index is -1.59. The van der Waals surface area contributed by atoms with Crippen molar-refractivity contribution in [1.29, 1.82) is 0 Å². The molecule has 0 aliphatic carbocycles. The monoisotopic (exact) mass is 224 g/mol. The fourth-order valence-electron chi connectivity index (χ4n) is 0.736. The van der Waals surface area contributed by atoms with E-state index in [2.05, 4.69) is 11.3 Å². The van der Waals surface area contributed by atoms with Gasteiger partial charge in [-0.1, -0.05) is 19.7 Å². The van der Waals surface area contributed by atoms with Crippen LogP contribution in [-0.4, -0.2) is 20.0 Å². The molecule has 0 atom stereocenters. The molecular weight excluding hydrogens is 211 g/mol. The van der Waals surface area contributed by atoms with Gasteiger partial charge in [0.2, 0.25) is 5.83 Å². The average molecular weight is 225 g/mol. The molecule has 0 fully saturated rings. The Labute approximate surface area is 83.4 Å². The third-order valence-electron chi connectivity index (χ3n) is 1.37. The van der Waals surface area contributed by atoms with Crippen molar-refractivity contribution in [2.24, 2.45) is 0 Å². The smallest absolute Gasteiger partial charge is 0.366 e. The summed E-state index contributed by atoms with van der Waals surface area (Å²) in [5, 5.41) is 0. The maximum Gasteiger partial charge on any atom is 0.366 e. The van der Waals surface area contributed by atoms with Crippen LogP contribution in [0, 0.1) is 0 Å². The number of rotatable bonds is 5. The van der Waals surface area contributed by atoms with Crippen LogP contribution in [0.15, 0.2) is 12.4 Å². The molecule has 5 heteroatoms. The Hall–Kier alpha value is -0.353. The zero-order chi connectivity index (χ0) is 10.5. The lowest BCUT2D eigenvalue weighted by Gasteiger charge is -2.11. The lowest BCUT2D eigenvalue weighted by Crippen LogP contribution is -2.17. The van der Waals surface area contributed by atoms with Crippen molar-refractivity contribution in [3.63, 3.8) is 0 Å². The predicted octanol–water partition coefficient (Wildman–Crippen LogP) is 2.85. The Morgan fingerprint density at radius 2 is 2.15 bits per heavy atom. The number of hydrogen-bond acceptors (Lipinski definition) is 2. The third kappa shape index (κ3) is 7.99. The molecule has 76 valence electrons. The molecule has 0 unspecified atom stereocenters. The van der Waals surface area contributed by atoms with E-state index in [1.165, 1.54) is 0 Å². The zero-order valence-electron chi connectivity index (χ0n) is 7.90. The summed E-state index contributed by atoms with van der Waals surface area (Å²) < 4.78 is 16.6. The lowest BCUT2D eigenvalue weighted by molar-refractivity contribution is -0.140. The highest BCUT2D eigenvalue weighted by molar-refractivity contribution is 7.19. The van der Waals surface area contributed by atoms with Crippen LogP contribution in [0.2, 0.25) is 19.1 Å². The van der Waals surface area contributed by atoms with Crippen LogP contribution in [-0.2, 0) is 9.53 Å². The number of ether oxygens (including phenoxy) is 1. The van der Waals surface area contributed by atoms with E-state index in [1.807, 2.05) is 13.1 Å². The summed E-state index contributed by atoms with van der Waals surface area (Å²) in [7, 11) is -1.59. The van der Waals surface area contributed by atoms with Crippen molar-refractivity contribution in [1.82, 2.24) is 0 Å². The van der Waals surface area contributed by atoms with E-state index in [9.17, 15) is 9.18 Å². The van der Waals surface area contributed by atoms with Crippen molar-refractivity contribution in [3.05, 3.63) is 12.4 Å². The first-order chi connectivity index (χ1) is 5.83. The molecule has 0 aliphatic heterocycles. The molecule has 0 aromatic rings. The van der Waals surface area contributed by atoms with E-state index >= 15 is 0 Å². The summed E-state index contributed by atoms with van der Waals surface area (Å²) in [6.07, 6.45) is 0.682. The Morgan fingerprint density at radius 3 is 2.54 bits per heavy atom. The number of halogens is 2. The van der Waals surface area contributed by atoms with E-state index in [-0.39, 0.29) is 6.61 Å². The van der Waals surface area contributed by atoms with Gasteiger partial charge in [-0.15, -0.1) is 0 Å². The van der Waals surface area contributed by atoms with Gasteiger partial charge in [-0.25, -0.2) is 4.79 Å². The maximum absolute atomic E-state index is 12.1. The summed E-state index contributed by atoms with van der Waals surface area (Å²) in [5.41, 5.74) is 0. The van der Waals surface area contributed by atoms with Crippen molar-refractivity contribution in [2.75, 3.05) is 6.61 Å². The summed E-state index contributed by atoms with van der Waals surface area (Å²) >= 11 is 6.02. The first kappa shape index (κ1) is 12.6. The van der Waals surface area contributed by atoms with Gasteiger partial charge in [-0.05, 0) is 12.5 Å². The molecule has 0 saturated carbocycles. The standard InChI is InChI=1S/C8H14ClFO2Si/c1-7(10)8(11)12-5-4-6-13(2,3)9/h1,4-6H2,2-3H3. The van der Waals surface area contributed by atoms with Crippen LogP contribution in [0.25, 0.3) is 0 Å². The van der Waals surface area contributed by atoms with E-state index < -0.39 is 19.2 Å². The van der Waals surface area contributed by atoms with Crippen molar-refractivity contribution in [3.8, 4) is 0 Å². The fourth-order valence-corrected chi connectivity index (χ4v) is 2.12. The molecular formula is C8H14ClFO2Si. The molecule has 0 bridgehead atoms. The molecule has 0 radical (unpaired) electrons. The molecule has 0 heterocycles. The van der Waals surface area contributed by atoms with Gasteiger partial charge in [0, 0.05) is 0 Å². The van der Waals surface area contributed by atoms with Crippen molar-refractivity contribution in [2.45, 2.75) is 25.6 Å². The summed E-state index contributed by atoms with van der Waals surface area (Å²) in [5.74, 6) is -2.03. The van der Waals surface area contributed by atoms with Gasteiger partial charge < -0.3 is 4.74 Å². The minimum absolute atomic E-state index is 0.213. The molecule has 0 amide bonds. The molecule has 0 saturated heterocycles. The lowest BCUT2D eigenvalue weighted by atomic mass is 10.5. The number of carbonyl (C=O) groups excluding carboxylic acids is 1. The predicted molar refractivity (Wildman–Crippen MR) is 54.0 cm³/mol. The Morgan fingerprint density at radius 1 is 1.62 bits per heavy atom. The first-order valence-corrected chi connectivity index (χ1v) is 8.25. The first-order valence-electron chi connectivity index (χ1n) is 4.03. The van der Waals surface area contributed by atoms with Gasteiger partial charge in [-0.2, -0.15) is 15.5 Å². The number of esters is 1. The normalized spacial score (nSPS) is 11.1. The number of carbonyl (C=O) groups is 1. The fraction of sp³-hybridized carbons (Fsp3) is 0.625. The topological polar surface area (TPSA) is 26.3 Å². The third-order valence-corrected chi connectivity index (χ3v) is 3.48. The highest BCUT2D eigenvalue weighted by Gasteiger charge is 2.16. The van der Waals surface area contributed by atoms with Gasteiger partial charge in [0.25, 0.3) is 0 Å². The van der Waals surface area contributed by atoms with Crippen LogP contribution < -0.4 is 0 Å². The summed E-state index contributed by atoms with van der Waals surface area (Å²) in [6, 6.07) is 0.848. The SMILES string of the molecule is C=C(F)C(=O)OCCC[Si](C)(C)Cl. The quantitative estimate of drug-likeness (QED) is 0.236. The molecule has 0 rings (SSSR count). The van der Waals surface area contributed by atoms with E-state index in [0.29, 0.717) is 6.42 Å². The van der Waals surface area contributed by atoms with E-state index in [0.717, 1.165) is 6.04 Å². The van der Waals surface area contributed by atoms with Gasteiger partial charge in [0.15, 0.2) is 7.38 Å². The zero-order valence-corrected chi connectivity index (χ0v) is 9.66. The average Bonchev–Trinajstić information content (AvgIpc) is 1.95. The van der Waals surface area contributed by atoms with Gasteiger partial charge in [0.05, 0.1) is 6.61 Å². The Bertz CT molecular complexity index is 201. The highest BCUT2D eigenvalue weighted by atomic mass is 35.6. The van der Waals surface area contributed by atoms with Gasteiger partial charge >= 0.3 is 5.97 Å².